The Morgan fingerprint density at radius 3 is 2.50 bits per heavy atom. The summed E-state index contributed by atoms with van der Waals surface area (Å²) < 4.78 is 13.2. The molecule has 0 spiro atoms. The molecule has 0 aliphatic carbocycles. The van der Waals surface area contributed by atoms with Crippen LogP contribution >= 0.6 is 0 Å². The number of likely N-dealkylation sites (N-methyl/N-ethyl adjacent to an activating group) is 1. The normalized spacial score (nSPS) is 12.7. The Hall–Kier alpha value is -3.55. The van der Waals surface area contributed by atoms with E-state index in [0.29, 0.717) is 13.0 Å². The van der Waals surface area contributed by atoms with Crippen molar-refractivity contribution in [3.63, 3.8) is 0 Å². The van der Waals surface area contributed by atoms with E-state index in [1.54, 1.807) is 0 Å². The molecule has 0 fully saturated rings. The zero-order valence-corrected chi connectivity index (χ0v) is 16.8. The molecule has 1 aliphatic rings. The van der Waals surface area contributed by atoms with E-state index in [1.165, 1.54) is 59.3 Å². The maximum atomic E-state index is 13.2. The number of imide groups is 1. The van der Waals surface area contributed by atoms with Crippen molar-refractivity contribution in [1.29, 1.82) is 0 Å². The van der Waals surface area contributed by atoms with Gasteiger partial charge in [-0.3, -0.25) is 24.1 Å². The Morgan fingerprint density at radius 1 is 1.07 bits per heavy atom. The van der Waals surface area contributed by atoms with Crippen molar-refractivity contribution in [2.24, 2.45) is 0 Å². The molecule has 3 rings (SSSR count). The van der Waals surface area contributed by atoms with Gasteiger partial charge < -0.3 is 10.2 Å². The molecule has 0 atom stereocenters. The minimum Gasteiger partial charge on any atom is -0.332 e. The molecule has 4 amide bonds. The first-order valence-electron chi connectivity index (χ1n) is 9.63. The topological polar surface area (TPSA) is 86.8 Å². The summed E-state index contributed by atoms with van der Waals surface area (Å²) in [6, 6.07) is 9.77. The zero-order chi connectivity index (χ0) is 21.8. The van der Waals surface area contributed by atoms with Crippen molar-refractivity contribution in [3.8, 4) is 0 Å². The number of nitrogens with one attached hydrogen (secondary N) is 1. The molecule has 1 heterocycles. The SMILES string of the molecule is CCCCN1C(=O)c2ccc(C(=O)N(C)CC(=O)Nc3cccc(F)c3)cc2C1=O. The van der Waals surface area contributed by atoms with Crippen LogP contribution in [0, 0.1) is 5.82 Å². The lowest BCUT2D eigenvalue weighted by Gasteiger charge is -2.17. The number of fused-ring (bicyclic) bond motifs is 1. The summed E-state index contributed by atoms with van der Waals surface area (Å²) in [5, 5.41) is 2.52. The molecular weight excluding hydrogens is 389 g/mol. The molecule has 0 saturated carbocycles. The fourth-order valence-corrected chi connectivity index (χ4v) is 3.22. The van der Waals surface area contributed by atoms with Gasteiger partial charge in [-0.2, -0.15) is 0 Å². The third-order valence-corrected chi connectivity index (χ3v) is 4.79. The second kappa shape index (κ2) is 8.86. The van der Waals surface area contributed by atoms with Crippen molar-refractivity contribution >= 4 is 29.3 Å². The Bertz CT molecular complexity index is 1020. The third-order valence-electron chi connectivity index (χ3n) is 4.79. The van der Waals surface area contributed by atoms with Gasteiger partial charge in [0.05, 0.1) is 17.7 Å². The van der Waals surface area contributed by atoms with Crippen molar-refractivity contribution in [2.45, 2.75) is 19.8 Å². The predicted molar refractivity (Wildman–Crippen MR) is 109 cm³/mol. The molecule has 1 N–H and O–H groups in total. The Balaban J connectivity index is 1.69. The van der Waals surface area contributed by atoms with Crippen LogP contribution < -0.4 is 5.32 Å². The van der Waals surface area contributed by atoms with Gasteiger partial charge in [-0.25, -0.2) is 4.39 Å². The Kier molecular flexibility index (Phi) is 6.25. The molecule has 7 nitrogen and oxygen atoms in total. The van der Waals surface area contributed by atoms with Crippen molar-refractivity contribution in [3.05, 3.63) is 65.0 Å². The monoisotopic (exact) mass is 411 g/mol. The molecule has 0 unspecified atom stereocenters. The summed E-state index contributed by atoms with van der Waals surface area (Å²) in [6.07, 6.45) is 1.56. The lowest BCUT2D eigenvalue weighted by Crippen LogP contribution is -2.35. The molecule has 0 radical (unpaired) electrons. The van der Waals surface area contributed by atoms with E-state index < -0.39 is 23.5 Å². The van der Waals surface area contributed by atoms with E-state index in [1.807, 2.05) is 6.92 Å². The van der Waals surface area contributed by atoms with Gasteiger partial charge in [0.25, 0.3) is 17.7 Å². The average molecular weight is 411 g/mol. The van der Waals surface area contributed by atoms with Crippen LogP contribution in [0.15, 0.2) is 42.5 Å². The summed E-state index contributed by atoms with van der Waals surface area (Å²) in [7, 11) is 1.45. The molecule has 0 saturated heterocycles. The highest BCUT2D eigenvalue weighted by Gasteiger charge is 2.35. The van der Waals surface area contributed by atoms with E-state index >= 15 is 0 Å². The van der Waals surface area contributed by atoms with Crippen LogP contribution in [-0.2, 0) is 4.79 Å². The number of carbonyl (C=O) groups is 4. The number of nitrogens with zero attached hydrogens (tertiary/aromatic N) is 2. The average Bonchev–Trinajstić information content (AvgIpc) is 2.95. The number of hydrogen-bond donors (Lipinski definition) is 1. The van der Waals surface area contributed by atoms with Crippen molar-refractivity contribution in [2.75, 3.05) is 25.5 Å². The van der Waals surface area contributed by atoms with Gasteiger partial charge in [0.2, 0.25) is 5.91 Å². The highest BCUT2D eigenvalue weighted by molar-refractivity contribution is 6.22. The number of amides is 4. The van der Waals surface area contributed by atoms with Gasteiger partial charge >= 0.3 is 0 Å². The first-order valence-corrected chi connectivity index (χ1v) is 9.63. The molecule has 8 heteroatoms. The van der Waals surface area contributed by atoms with Crippen LogP contribution in [0.1, 0.15) is 50.8 Å². The van der Waals surface area contributed by atoms with Crippen LogP contribution in [0.25, 0.3) is 0 Å². The summed E-state index contributed by atoms with van der Waals surface area (Å²) in [6.45, 7) is 2.05. The van der Waals surface area contributed by atoms with E-state index in [4.69, 9.17) is 0 Å². The quantitative estimate of drug-likeness (QED) is 0.710. The fourth-order valence-electron chi connectivity index (χ4n) is 3.22. The molecule has 30 heavy (non-hydrogen) atoms. The second-order valence-corrected chi connectivity index (χ2v) is 7.10. The van der Waals surface area contributed by atoms with Gasteiger partial charge in [-0.1, -0.05) is 19.4 Å². The predicted octanol–water partition coefficient (Wildman–Crippen LogP) is 2.93. The highest BCUT2D eigenvalue weighted by Crippen LogP contribution is 2.25. The molecule has 2 aromatic rings. The smallest absolute Gasteiger partial charge is 0.261 e. The first-order chi connectivity index (χ1) is 14.3. The summed E-state index contributed by atoms with van der Waals surface area (Å²) in [5.41, 5.74) is 0.960. The number of unbranched alkanes of at least 4 members (excludes halogenated alkanes) is 1. The molecule has 156 valence electrons. The van der Waals surface area contributed by atoms with Crippen LogP contribution in [0.2, 0.25) is 0 Å². The van der Waals surface area contributed by atoms with Crippen LogP contribution in [0.4, 0.5) is 10.1 Å². The summed E-state index contributed by atoms with van der Waals surface area (Å²) in [5.74, 6) is -2.22. The number of anilines is 1. The van der Waals surface area contributed by atoms with Gasteiger partial charge in [-0.15, -0.1) is 0 Å². The van der Waals surface area contributed by atoms with Crippen LogP contribution in [-0.4, -0.2) is 53.6 Å². The van der Waals surface area contributed by atoms with Gasteiger partial charge in [0.1, 0.15) is 5.82 Å². The highest BCUT2D eigenvalue weighted by atomic mass is 19.1. The third kappa shape index (κ3) is 4.37. The molecule has 0 bridgehead atoms. The Labute approximate surface area is 173 Å². The van der Waals surface area contributed by atoms with E-state index in [-0.39, 0.29) is 34.8 Å². The van der Waals surface area contributed by atoms with E-state index in [0.717, 1.165) is 6.42 Å². The lowest BCUT2D eigenvalue weighted by atomic mass is 10.0. The van der Waals surface area contributed by atoms with E-state index in [2.05, 4.69) is 5.32 Å². The van der Waals surface area contributed by atoms with Crippen LogP contribution in [0.3, 0.4) is 0 Å². The number of benzene rings is 2. The fraction of sp³-hybridized carbons (Fsp3) is 0.273. The number of rotatable bonds is 7. The van der Waals surface area contributed by atoms with Gasteiger partial charge in [0.15, 0.2) is 0 Å². The van der Waals surface area contributed by atoms with Crippen molar-refractivity contribution in [1.82, 2.24) is 9.80 Å². The van der Waals surface area contributed by atoms with Crippen molar-refractivity contribution < 1.29 is 23.6 Å². The van der Waals surface area contributed by atoms with Gasteiger partial charge in [0, 0.05) is 24.8 Å². The maximum Gasteiger partial charge on any atom is 0.261 e. The van der Waals surface area contributed by atoms with Gasteiger partial charge in [-0.05, 0) is 42.8 Å². The number of halogens is 1. The number of hydrogen-bond acceptors (Lipinski definition) is 4. The molecule has 1 aliphatic heterocycles. The van der Waals surface area contributed by atoms with Crippen LogP contribution in [0.5, 0.6) is 0 Å². The standard InChI is InChI=1S/C22H22FN3O4/c1-3-4-10-26-21(29)17-9-8-14(11-18(17)22(26)30)20(28)25(2)13-19(27)24-16-7-5-6-15(23)12-16/h5-9,11-12H,3-4,10,13H2,1-2H3,(H,24,27). The lowest BCUT2D eigenvalue weighted by molar-refractivity contribution is -0.116. The number of carbonyl (C=O) groups excluding carboxylic acids is 4. The molecular formula is C22H22FN3O4. The molecule has 2 aromatic carbocycles. The maximum absolute atomic E-state index is 13.2. The summed E-state index contributed by atoms with van der Waals surface area (Å²) in [4.78, 5) is 52.2. The minimum atomic E-state index is -0.491. The molecule has 0 aromatic heterocycles. The second-order valence-electron chi connectivity index (χ2n) is 7.10. The minimum absolute atomic E-state index is 0.194. The van der Waals surface area contributed by atoms with E-state index in [9.17, 15) is 23.6 Å². The zero-order valence-electron chi connectivity index (χ0n) is 16.8. The summed E-state index contributed by atoms with van der Waals surface area (Å²) >= 11 is 0. The Morgan fingerprint density at radius 2 is 1.80 bits per heavy atom. The first kappa shape index (κ1) is 21.2. The largest absolute Gasteiger partial charge is 0.332 e.